The summed E-state index contributed by atoms with van der Waals surface area (Å²) < 4.78 is 18.5. The van der Waals surface area contributed by atoms with E-state index >= 15 is 0 Å². The van der Waals surface area contributed by atoms with Gasteiger partial charge in [-0.25, -0.2) is 9.18 Å². The molecule has 2 amide bonds. The summed E-state index contributed by atoms with van der Waals surface area (Å²) in [5.41, 5.74) is 0.753. The van der Waals surface area contributed by atoms with Crippen molar-refractivity contribution < 1.29 is 18.7 Å². The number of alkyl carbamates (subject to hydrolysis) is 1. The third-order valence-corrected chi connectivity index (χ3v) is 3.98. The predicted molar refractivity (Wildman–Crippen MR) is 90.3 cm³/mol. The molecular weight excluding hydrogens is 311 g/mol. The molecule has 1 aliphatic rings. The maximum atomic E-state index is 13.3. The zero-order valence-corrected chi connectivity index (χ0v) is 14.6. The standard InChI is InChI=1S/C18H25FN2O3/c1-11-5-7-13(19)10-15(11)21-16(22)12-6-8-14(9-12)20-17(23)24-18(2,3)4/h5,7,10,12,14H,6,8-9H2,1-4H3,(H,20,23)(H,21,22)/t12-,14-/m0/s1. The first-order valence-corrected chi connectivity index (χ1v) is 8.20. The van der Waals surface area contributed by atoms with E-state index in [1.165, 1.54) is 12.1 Å². The Morgan fingerprint density at radius 3 is 2.62 bits per heavy atom. The fourth-order valence-corrected chi connectivity index (χ4v) is 2.79. The minimum Gasteiger partial charge on any atom is -0.444 e. The van der Waals surface area contributed by atoms with Gasteiger partial charge in [-0.3, -0.25) is 4.79 Å². The number of rotatable bonds is 3. The average Bonchev–Trinajstić information content (AvgIpc) is 2.89. The summed E-state index contributed by atoms with van der Waals surface area (Å²) in [4.78, 5) is 24.1. The van der Waals surface area contributed by atoms with E-state index in [0.717, 1.165) is 12.0 Å². The van der Waals surface area contributed by atoms with Crippen molar-refractivity contribution in [2.45, 2.75) is 58.6 Å². The number of carbonyl (C=O) groups is 2. The highest BCUT2D eigenvalue weighted by Crippen LogP contribution is 2.28. The maximum absolute atomic E-state index is 13.3. The highest BCUT2D eigenvalue weighted by Gasteiger charge is 2.32. The Morgan fingerprint density at radius 2 is 1.96 bits per heavy atom. The molecule has 0 saturated heterocycles. The van der Waals surface area contributed by atoms with E-state index in [4.69, 9.17) is 4.74 Å². The highest BCUT2D eigenvalue weighted by molar-refractivity contribution is 5.93. The number of nitrogens with one attached hydrogen (secondary N) is 2. The Kier molecular flexibility index (Phi) is 5.47. The summed E-state index contributed by atoms with van der Waals surface area (Å²) in [6.07, 6.45) is 1.49. The third kappa shape index (κ3) is 5.22. The van der Waals surface area contributed by atoms with Crippen LogP contribution in [0.3, 0.4) is 0 Å². The number of hydrogen-bond donors (Lipinski definition) is 2. The lowest BCUT2D eigenvalue weighted by Crippen LogP contribution is -2.38. The summed E-state index contributed by atoms with van der Waals surface area (Å²) in [6, 6.07) is 4.23. The topological polar surface area (TPSA) is 67.4 Å². The van der Waals surface area contributed by atoms with Crippen molar-refractivity contribution >= 4 is 17.7 Å². The molecule has 0 heterocycles. The molecule has 1 fully saturated rings. The van der Waals surface area contributed by atoms with Crippen molar-refractivity contribution in [2.24, 2.45) is 5.92 Å². The van der Waals surface area contributed by atoms with Crippen LogP contribution in [0.5, 0.6) is 0 Å². The molecule has 0 aromatic heterocycles. The molecule has 0 bridgehead atoms. The van der Waals surface area contributed by atoms with E-state index in [9.17, 15) is 14.0 Å². The number of benzene rings is 1. The maximum Gasteiger partial charge on any atom is 0.407 e. The van der Waals surface area contributed by atoms with Crippen LogP contribution in [0.4, 0.5) is 14.9 Å². The molecule has 6 heteroatoms. The van der Waals surface area contributed by atoms with E-state index in [2.05, 4.69) is 10.6 Å². The van der Waals surface area contributed by atoms with Crippen LogP contribution < -0.4 is 10.6 Å². The zero-order chi connectivity index (χ0) is 17.9. The van der Waals surface area contributed by atoms with Crippen molar-refractivity contribution in [3.05, 3.63) is 29.6 Å². The van der Waals surface area contributed by atoms with Gasteiger partial charge in [0.2, 0.25) is 5.91 Å². The SMILES string of the molecule is Cc1ccc(F)cc1NC(=O)[C@H]1CC[C@H](NC(=O)OC(C)(C)C)C1. The second-order valence-electron chi connectivity index (χ2n) is 7.30. The molecule has 132 valence electrons. The second kappa shape index (κ2) is 7.20. The summed E-state index contributed by atoms with van der Waals surface area (Å²) >= 11 is 0. The molecule has 2 atom stereocenters. The predicted octanol–water partition coefficient (Wildman–Crippen LogP) is 3.77. The van der Waals surface area contributed by atoms with Crippen molar-refractivity contribution in [1.29, 1.82) is 0 Å². The number of hydrogen-bond acceptors (Lipinski definition) is 3. The second-order valence-corrected chi connectivity index (χ2v) is 7.30. The lowest BCUT2D eigenvalue weighted by Gasteiger charge is -2.21. The highest BCUT2D eigenvalue weighted by atomic mass is 19.1. The van der Waals surface area contributed by atoms with Gasteiger partial charge in [0.15, 0.2) is 0 Å². The zero-order valence-electron chi connectivity index (χ0n) is 14.6. The Hall–Kier alpha value is -2.11. The van der Waals surface area contributed by atoms with E-state index < -0.39 is 11.7 Å². The molecular formula is C18H25FN2O3. The summed E-state index contributed by atoms with van der Waals surface area (Å²) in [7, 11) is 0. The number of aryl methyl sites for hydroxylation is 1. The molecule has 0 spiro atoms. The van der Waals surface area contributed by atoms with Crippen molar-refractivity contribution in [3.8, 4) is 0 Å². The van der Waals surface area contributed by atoms with E-state index in [-0.39, 0.29) is 23.7 Å². The monoisotopic (exact) mass is 336 g/mol. The molecule has 1 aliphatic carbocycles. The Balaban J connectivity index is 1.87. The minimum atomic E-state index is -0.547. The first-order chi connectivity index (χ1) is 11.1. The molecule has 1 aromatic rings. The largest absolute Gasteiger partial charge is 0.444 e. The molecule has 0 aliphatic heterocycles. The first kappa shape index (κ1) is 18.2. The van der Waals surface area contributed by atoms with Gasteiger partial charge >= 0.3 is 6.09 Å². The van der Waals surface area contributed by atoms with Gasteiger partial charge in [-0.1, -0.05) is 6.07 Å². The molecule has 0 unspecified atom stereocenters. The van der Waals surface area contributed by atoms with Gasteiger partial charge in [-0.2, -0.15) is 0 Å². The van der Waals surface area contributed by atoms with E-state index in [1.807, 2.05) is 6.92 Å². The summed E-state index contributed by atoms with van der Waals surface area (Å²) in [5, 5.41) is 5.59. The number of halogens is 1. The van der Waals surface area contributed by atoms with Crippen LogP contribution in [0.2, 0.25) is 0 Å². The van der Waals surface area contributed by atoms with Gasteiger partial charge in [-0.05, 0) is 64.7 Å². The van der Waals surface area contributed by atoms with E-state index in [1.54, 1.807) is 26.8 Å². The Morgan fingerprint density at radius 1 is 1.25 bits per heavy atom. The summed E-state index contributed by atoms with van der Waals surface area (Å²) in [6.45, 7) is 7.23. The molecule has 5 nitrogen and oxygen atoms in total. The van der Waals surface area contributed by atoms with Crippen LogP contribution in [-0.2, 0) is 9.53 Å². The fourth-order valence-electron chi connectivity index (χ4n) is 2.79. The minimum absolute atomic E-state index is 0.0794. The average molecular weight is 336 g/mol. The van der Waals surface area contributed by atoms with Crippen LogP contribution >= 0.6 is 0 Å². The van der Waals surface area contributed by atoms with Crippen LogP contribution in [-0.4, -0.2) is 23.6 Å². The van der Waals surface area contributed by atoms with Crippen LogP contribution in [0.1, 0.15) is 45.6 Å². The smallest absolute Gasteiger partial charge is 0.407 e. The van der Waals surface area contributed by atoms with Gasteiger partial charge in [0.25, 0.3) is 0 Å². The molecule has 1 aromatic carbocycles. The van der Waals surface area contributed by atoms with Gasteiger partial charge in [0.05, 0.1) is 0 Å². The molecule has 1 saturated carbocycles. The Bertz CT molecular complexity index is 625. The Labute approximate surface area is 142 Å². The normalized spacial score (nSPS) is 20.5. The number of carbonyl (C=O) groups excluding carboxylic acids is 2. The number of anilines is 1. The van der Waals surface area contributed by atoms with Crippen LogP contribution in [0.25, 0.3) is 0 Å². The summed E-state index contributed by atoms with van der Waals surface area (Å²) in [5.74, 6) is -0.725. The number of ether oxygens (including phenoxy) is 1. The van der Waals surface area contributed by atoms with Crippen molar-refractivity contribution in [2.75, 3.05) is 5.32 Å². The molecule has 2 N–H and O–H groups in total. The van der Waals surface area contributed by atoms with Gasteiger partial charge in [0, 0.05) is 17.6 Å². The van der Waals surface area contributed by atoms with Gasteiger partial charge in [-0.15, -0.1) is 0 Å². The molecule has 24 heavy (non-hydrogen) atoms. The van der Waals surface area contributed by atoms with Gasteiger partial charge in [0.1, 0.15) is 11.4 Å². The van der Waals surface area contributed by atoms with E-state index in [0.29, 0.717) is 18.5 Å². The lowest BCUT2D eigenvalue weighted by atomic mass is 10.1. The molecule has 2 rings (SSSR count). The quantitative estimate of drug-likeness (QED) is 0.883. The lowest BCUT2D eigenvalue weighted by molar-refractivity contribution is -0.119. The third-order valence-electron chi connectivity index (χ3n) is 3.98. The first-order valence-electron chi connectivity index (χ1n) is 8.20. The van der Waals surface area contributed by atoms with Crippen molar-refractivity contribution in [1.82, 2.24) is 5.32 Å². The van der Waals surface area contributed by atoms with Crippen LogP contribution in [0.15, 0.2) is 18.2 Å². The van der Waals surface area contributed by atoms with Gasteiger partial charge < -0.3 is 15.4 Å². The van der Waals surface area contributed by atoms with Crippen molar-refractivity contribution in [3.63, 3.8) is 0 Å². The van der Waals surface area contributed by atoms with Crippen LogP contribution in [0, 0.1) is 18.7 Å². The molecule has 0 radical (unpaired) electrons. The fraction of sp³-hybridized carbons (Fsp3) is 0.556. The number of amides is 2.